The van der Waals surface area contributed by atoms with Crippen molar-refractivity contribution in [2.45, 2.75) is 52.5 Å². The van der Waals surface area contributed by atoms with Crippen LogP contribution in [0.2, 0.25) is 0 Å². The van der Waals surface area contributed by atoms with Crippen LogP contribution in [-0.2, 0) is 0 Å². The second-order valence-corrected chi connectivity index (χ2v) is 6.71. The number of hydrogen-bond donors (Lipinski definition) is 2. The highest BCUT2D eigenvalue weighted by Crippen LogP contribution is 2.34. The van der Waals surface area contributed by atoms with Gasteiger partial charge in [0.15, 0.2) is 5.96 Å². The fraction of sp³-hybridized carbons (Fsp3) is 0.938. The predicted molar refractivity (Wildman–Crippen MR) is 102 cm³/mol. The number of rotatable bonds is 9. The molecule has 0 bridgehead atoms. The van der Waals surface area contributed by atoms with E-state index < -0.39 is 0 Å². The minimum Gasteiger partial charge on any atom is -0.357 e. The van der Waals surface area contributed by atoms with E-state index in [0.717, 1.165) is 44.1 Å². The fourth-order valence-electron chi connectivity index (χ4n) is 2.43. The van der Waals surface area contributed by atoms with Crippen molar-refractivity contribution < 1.29 is 0 Å². The average molecular weight is 408 g/mol. The second kappa shape index (κ2) is 9.87. The van der Waals surface area contributed by atoms with Crippen molar-refractivity contribution in [3.05, 3.63) is 0 Å². The molecule has 0 radical (unpaired) electrons. The molecule has 0 aromatic heterocycles. The van der Waals surface area contributed by atoms with Crippen molar-refractivity contribution in [3.63, 3.8) is 0 Å². The van der Waals surface area contributed by atoms with Gasteiger partial charge in [-0.05, 0) is 44.4 Å². The zero-order valence-electron chi connectivity index (χ0n) is 13.9. The summed E-state index contributed by atoms with van der Waals surface area (Å²) in [5.74, 6) is 2.59. The van der Waals surface area contributed by atoms with Gasteiger partial charge in [0, 0.05) is 38.8 Å². The SMILES string of the molecule is CCNC(=NCC(C)C)NCCN(CC1CC1)C1CC1.I. The maximum Gasteiger partial charge on any atom is 0.191 e. The number of guanidine groups is 1. The van der Waals surface area contributed by atoms with E-state index in [4.69, 9.17) is 0 Å². The van der Waals surface area contributed by atoms with Gasteiger partial charge in [-0.25, -0.2) is 0 Å². The molecule has 2 rings (SSSR count). The minimum absolute atomic E-state index is 0. The lowest BCUT2D eigenvalue weighted by Crippen LogP contribution is -2.42. The van der Waals surface area contributed by atoms with Crippen LogP contribution in [0.1, 0.15) is 46.5 Å². The highest BCUT2D eigenvalue weighted by molar-refractivity contribution is 14.0. The highest BCUT2D eigenvalue weighted by Gasteiger charge is 2.33. The maximum atomic E-state index is 4.62. The number of hydrogen-bond acceptors (Lipinski definition) is 2. The lowest BCUT2D eigenvalue weighted by Gasteiger charge is -2.22. The summed E-state index contributed by atoms with van der Waals surface area (Å²) >= 11 is 0. The molecule has 21 heavy (non-hydrogen) atoms. The van der Waals surface area contributed by atoms with Crippen molar-refractivity contribution in [1.29, 1.82) is 0 Å². The molecule has 2 N–H and O–H groups in total. The van der Waals surface area contributed by atoms with Crippen LogP contribution in [0, 0.1) is 11.8 Å². The van der Waals surface area contributed by atoms with Crippen molar-refractivity contribution in [1.82, 2.24) is 15.5 Å². The maximum absolute atomic E-state index is 4.62. The first-order valence-corrected chi connectivity index (χ1v) is 8.45. The van der Waals surface area contributed by atoms with Crippen LogP contribution < -0.4 is 10.6 Å². The van der Waals surface area contributed by atoms with Gasteiger partial charge < -0.3 is 10.6 Å². The van der Waals surface area contributed by atoms with Crippen molar-refractivity contribution in [2.24, 2.45) is 16.8 Å². The third-order valence-corrected chi connectivity index (χ3v) is 3.90. The smallest absolute Gasteiger partial charge is 0.191 e. The molecule has 0 unspecified atom stereocenters. The Balaban J connectivity index is 0.00000220. The second-order valence-electron chi connectivity index (χ2n) is 6.71. The molecule has 0 aromatic rings. The first-order valence-electron chi connectivity index (χ1n) is 8.45. The Hall–Kier alpha value is -0.0400. The molecule has 2 aliphatic carbocycles. The lowest BCUT2D eigenvalue weighted by molar-refractivity contribution is 0.256. The summed E-state index contributed by atoms with van der Waals surface area (Å²) in [6.45, 7) is 11.8. The molecule has 0 spiro atoms. The van der Waals surface area contributed by atoms with E-state index in [1.807, 2.05) is 0 Å². The predicted octanol–water partition coefficient (Wildman–Crippen LogP) is 2.69. The van der Waals surface area contributed by atoms with E-state index in [0.29, 0.717) is 5.92 Å². The minimum atomic E-state index is 0. The molecule has 0 heterocycles. The van der Waals surface area contributed by atoms with Crippen molar-refractivity contribution in [2.75, 3.05) is 32.7 Å². The zero-order chi connectivity index (χ0) is 14.4. The van der Waals surface area contributed by atoms with Crippen LogP contribution in [0.4, 0.5) is 0 Å². The van der Waals surface area contributed by atoms with Gasteiger partial charge >= 0.3 is 0 Å². The topological polar surface area (TPSA) is 39.7 Å². The molecular formula is C16H33IN4. The summed E-state index contributed by atoms with van der Waals surface area (Å²) in [5.41, 5.74) is 0. The quantitative estimate of drug-likeness (QED) is 0.350. The molecule has 0 aliphatic heterocycles. The summed E-state index contributed by atoms with van der Waals surface area (Å²) < 4.78 is 0. The van der Waals surface area contributed by atoms with Crippen LogP contribution in [0.25, 0.3) is 0 Å². The monoisotopic (exact) mass is 408 g/mol. The summed E-state index contributed by atoms with van der Waals surface area (Å²) in [7, 11) is 0. The number of nitrogens with one attached hydrogen (secondary N) is 2. The summed E-state index contributed by atoms with van der Waals surface area (Å²) in [4.78, 5) is 7.31. The molecule has 0 amide bonds. The molecule has 2 saturated carbocycles. The van der Waals surface area contributed by atoms with Crippen LogP contribution in [0.15, 0.2) is 4.99 Å². The van der Waals surface area contributed by atoms with Gasteiger partial charge in [0.2, 0.25) is 0 Å². The molecule has 2 aliphatic rings. The van der Waals surface area contributed by atoms with Crippen molar-refractivity contribution >= 4 is 29.9 Å². The molecular weight excluding hydrogens is 375 g/mol. The zero-order valence-corrected chi connectivity index (χ0v) is 16.2. The normalized spacial score (nSPS) is 18.8. The Labute approximate surface area is 147 Å². The van der Waals surface area contributed by atoms with Crippen molar-refractivity contribution in [3.8, 4) is 0 Å². The Morgan fingerprint density at radius 1 is 1.19 bits per heavy atom. The molecule has 2 fully saturated rings. The number of nitrogens with zero attached hydrogens (tertiary/aromatic N) is 2. The third-order valence-electron chi connectivity index (χ3n) is 3.90. The first-order chi connectivity index (χ1) is 9.69. The Bertz CT molecular complexity index is 311. The van der Waals surface area contributed by atoms with Gasteiger partial charge in [-0.3, -0.25) is 9.89 Å². The molecule has 0 atom stereocenters. The molecule has 5 heteroatoms. The standard InChI is InChI=1S/C16H32N4.HI/c1-4-17-16(19-11-13(2)3)18-9-10-20(15-7-8-15)12-14-5-6-14;/h13-15H,4-12H2,1-3H3,(H2,17,18,19);1H. The van der Waals surface area contributed by atoms with E-state index in [1.54, 1.807) is 0 Å². The summed E-state index contributed by atoms with van der Waals surface area (Å²) in [5, 5.41) is 6.81. The van der Waals surface area contributed by atoms with Gasteiger partial charge in [-0.15, -0.1) is 24.0 Å². The number of aliphatic imine (C=N–C) groups is 1. The van der Waals surface area contributed by atoms with E-state index in [2.05, 4.69) is 41.3 Å². The van der Waals surface area contributed by atoms with E-state index in [-0.39, 0.29) is 24.0 Å². The first kappa shape index (κ1) is 19.0. The molecule has 0 aromatic carbocycles. The van der Waals surface area contributed by atoms with Gasteiger partial charge in [0.05, 0.1) is 0 Å². The largest absolute Gasteiger partial charge is 0.357 e. The van der Waals surface area contributed by atoms with Gasteiger partial charge in [-0.1, -0.05) is 13.8 Å². The Kier molecular flexibility index (Phi) is 8.94. The number of halogens is 1. The van der Waals surface area contributed by atoms with Gasteiger partial charge in [-0.2, -0.15) is 0 Å². The third kappa shape index (κ3) is 8.24. The fourth-order valence-corrected chi connectivity index (χ4v) is 2.43. The van der Waals surface area contributed by atoms with E-state index >= 15 is 0 Å². The van der Waals surface area contributed by atoms with Crippen LogP contribution in [0.3, 0.4) is 0 Å². The molecule has 124 valence electrons. The average Bonchev–Trinajstić information content (AvgIpc) is 3.27. The van der Waals surface area contributed by atoms with Crippen LogP contribution in [0.5, 0.6) is 0 Å². The Morgan fingerprint density at radius 3 is 2.43 bits per heavy atom. The van der Waals surface area contributed by atoms with Crippen LogP contribution in [-0.4, -0.2) is 49.6 Å². The van der Waals surface area contributed by atoms with Gasteiger partial charge in [0.1, 0.15) is 0 Å². The summed E-state index contributed by atoms with van der Waals surface area (Å²) in [6, 6.07) is 0.882. The highest BCUT2D eigenvalue weighted by atomic mass is 127. The van der Waals surface area contributed by atoms with Gasteiger partial charge in [0.25, 0.3) is 0 Å². The lowest BCUT2D eigenvalue weighted by atomic mass is 10.2. The Morgan fingerprint density at radius 2 is 1.90 bits per heavy atom. The summed E-state index contributed by atoms with van der Waals surface area (Å²) in [6.07, 6.45) is 5.73. The molecule has 0 saturated heterocycles. The van der Waals surface area contributed by atoms with Crippen LogP contribution >= 0.6 is 24.0 Å². The van der Waals surface area contributed by atoms with E-state index in [9.17, 15) is 0 Å². The van der Waals surface area contributed by atoms with E-state index in [1.165, 1.54) is 32.2 Å². The molecule has 4 nitrogen and oxygen atoms in total.